The van der Waals surface area contributed by atoms with E-state index in [0.717, 1.165) is 22.5 Å². The SMILES string of the molecule is CCNCCNC(=O)CN(CC(=O)N(C)N1Cc2ccccc2C1)c1ccc(-c2nn(C)c(=O)o2)cc1C. The van der Waals surface area contributed by atoms with Crippen molar-refractivity contribution < 1.29 is 14.0 Å². The molecule has 0 aliphatic carbocycles. The summed E-state index contributed by atoms with van der Waals surface area (Å²) in [6.45, 7) is 7.24. The maximum absolute atomic E-state index is 13.4. The summed E-state index contributed by atoms with van der Waals surface area (Å²) in [5.74, 6) is -0.636. The fraction of sp³-hybridized carbons (Fsp3) is 0.407. The normalized spacial score (nSPS) is 12.8. The van der Waals surface area contributed by atoms with E-state index in [1.165, 1.54) is 18.2 Å². The molecule has 2 N–H and O–H groups in total. The third-order valence-corrected chi connectivity index (χ3v) is 6.62. The molecule has 4 rings (SSSR count). The third kappa shape index (κ3) is 6.29. The van der Waals surface area contributed by atoms with Crippen LogP contribution in [0.2, 0.25) is 0 Å². The van der Waals surface area contributed by atoms with Gasteiger partial charge in [0.2, 0.25) is 11.8 Å². The zero-order valence-corrected chi connectivity index (χ0v) is 22.4. The summed E-state index contributed by atoms with van der Waals surface area (Å²) < 4.78 is 6.34. The molecule has 0 atom stereocenters. The van der Waals surface area contributed by atoms with Crippen molar-refractivity contribution >= 4 is 17.5 Å². The molecular weight excluding hydrogens is 486 g/mol. The highest BCUT2D eigenvalue weighted by Crippen LogP contribution is 2.27. The van der Waals surface area contributed by atoms with E-state index < -0.39 is 5.76 Å². The van der Waals surface area contributed by atoms with Gasteiger partial charge in [-0.15, -0.1) is 5.10 Å². The summed E-state index contributed by atoms with van der Waals surface area (Å²) in [4.78, 5) is 39.7. The van der Waals surface area contributed by atoms with Gasteiger partial charge in [0.1, 0.15) is 0 Å². The quantitative estimate of drug-likeness (QED) is 0.363. The van der Waals surface area contributed by atoms with Crippen LogP contribution in [0.4, 0.5) is 5.69 Å². The summed E-state index contributed by atoms with van der Waals surface area (Å²) in [6.07, 6.45) is 0. The molecule has 11 nitrogen and oxygen atoms in total. The van der Waals surface area contributed by atoms with Gasteiger partial charge in [-0.2, -0.15) is 4.68 Å². The Morgan fingerprint density at radius 1 is 1.08 bits per heavy atom. The largest absolute Gasteiger partial charge is 0.437 e. The van der Waals surface area contributed by atoms with E-state index in [9.17, 15) is 14.4 Å². The highest BCUT2D eigenvalue weighted by molar-refractivity contribution is 5.87. The van der Waals surface area contributed by atoms with E-state index in [0.29, 0.717) is 31.7 Å². The van der Waals surface area contributed by atoms with E-state index in [2.05, 4.69) is 27.9 Å². The molecule has 3 aromatic rings. The van der Waals surface area contributed by atoms with Crippen LogP contribution in [0, 0.1) is 6.92 Å². The molecule has 1 aliphatic rings. The van der Waals surface area contributed by atoms with E-state index in [1.54, 1.807) is 23.0 Å². The molecule has 0 saturated carbocycles. The first-order chi connectivity index (χ1) is 18.3. The second-order valence-corrected chi connectivity index (χ2v) is 9.37. The average molecular weight is 522 g/mol. The van der Waals surface area contributed by atoms with Gasteiger partial charge in [-0.1, -0.05) is 31.2 Å². The fourth-order valence-electron chi connectivity index (χ4n) is 4.48. The number of amides is 2. The first-order valence-electron chi connectivity index (χ1n) is 12.7. The van der Waals surface area contributed by atoms with Gasteiger partial charge in [-0.05, 0) is 48.4 Å². The predicted octanol–water partition coefficient (Wildman–Crippen LogP) is 1.27. The van der Waals surface area contributed by atoms with Gasteiger partial charge < -0.3 is 20.0 Å². The Kier molecular flexibility index (Phi) is 8.59. The minimum atomic E-state index is -0.546. The van der Waals surface area contributed by atoms with Gasteiger partial charge >= 0.3 is 5.76 Å². The molecule has 2 aromatic carbocycles. The van der Waals surface area contributed by atoms with Crippen LogP contribution in [0.25, 0.3) is 11.5 Å². The minimum Gasteiger partial charge on any atom is -0.388 e. The average Bonchev–Trinajstić information content (AvgIpc) is 3.48. The molecule has 0 saturated heterocycles. The maximum atomic E-state index is 13.4. The summed E-state index contributed by atoms with van der Waals surface area (Å²) in [5, 5.41) is 13.8. The number of hydrazine groups is 1. The van der Waals surface area contributed by atoms with Crippen LogP contribution in [0.1, 0.15) is 23.6 Å². The Bertz CT molecular complexity index is 1320. The number of hydrogen-bond donors (Lipinski definition) is 2. The Morgan fingerprint density at radius 2 is 1.79 bits per heavy atom. The van der Waals surface area contributed by atoms with Gasteiger partial charge in [0.25, 0.3) is 5.91 Å². The first kappa shape index (κ1) is 27.1. The smallest absolute Gasteiger partial charge is 0.388 e. The molecule has 2 amide bonds. The molecule has 11 heteroatoms. The van der Waals surface area contributed by atoms with Crippen molar-refractivity contribution in [3.8, 4) is 11.5 Å². The second-order valence-electron chi connectivity index (χ2n) is 9.37. The molecule has 202 valence electrons. The molecule has 0 radical (unpaired) electrons. The number of benzene rings is 2. The van der Waals surface area contributed by atoms with Gasteiger partial charge in [-0.25, -0.2) is 9.80 Å². The minimum absolute atomic E-state index is 0.0167. The second kappa shape index (κ2) is 12.1. The lowest BCUT2D eigenvalue weighted by Gasteiger charge is -2.32. The summed E-state index contributed by atoms with van der Waals surface area (Å²) >= 11 is 0. The lowest BCUT2D eigenvalue weighted by Crippen LogP contribution is -2.48. The summed E-state index contributed by atoms with van der Waals surface area (Å²) in [6, 6.07) is 13.6. The molecular formula is C27H35N7O4. The van der Waals surface area contributed by atoms with Gasteiger partial charge in [0.05, 0.1) is 13.1 Å². The molecule has 0 spiro atoms. The molecule has 1 aromatic heterocycles. The zero-order valence-electron chi connectivity index (χ0n) is 22.4. The zero-order chi connectivity index (χ0) is 27.2. The van der Waals surface area contributed by atoms with Crippen LogP contribution in [0.3, 0.4) is 0 Å². The lowest BCUT2D eigenvalue weighted by molar-refractivity contribution is -0.145. The standard InChI is InChI=1S/C27H35N7O4/c1-5-28-12-13-29-24(35)17-33(18-25(36)32(4)34-15-21-8-6-7-9-22(21)16-34)23-11-10-20(14-19(23)2)26-30-31(3)27(37)38-26/h6-11,14,28H,5,12-13,15-18H2,1-4H3,(H,29,35). The van der Waals surface area contributed by atoms with Crippen molar-refractivity contribution in [3.63, 3.8) is 0 Å². The number of rotatable bonds is 11. The van der Waals surface area contributed by atoms with Crippen molar-refractivity contribution in [2.45, 2.75) is 26.9 Å². The van der Waals surface area contributed by atoms with Gasteiger partial charge in [0, 0.05) is 51.5 Å². The van der Waals surface area contributed by atoms with Crippen LogP contribution >= 0.6 is 0 Å². The molecule has 0 fully saturated rings. The van der Waals surface area contributed by atoms with Crippen LogP contribution < -0.4 is 21.3 Å². The predicted molar refractivity (Wildman–Crippen MR) is 144 cm³/mol. The number of anilines is 1. The van der Waals surface area contributed by atoms with Crippen molar-refractivity contribution in [2.24, 2.45) is 7.05 Å². The molecule has 0 unspecified atom stereocenters. The highest BCUT2D eigenvalue weighted by atomic mass is 16.4. The molecule has 2 heterocycles. The Balaban J connectivity index is 1.51. The van der Waals surface area contributed by atoms with E-state index in [-0.39, 0.29) is 30.8 Å². The van der Waals surface area contributed by atoms with Crippen molar-refractivity contribution in [1.29, 1.82) is 0 Å². The highest BCUT2D eigenvalue weighted by Gasteiger charge is 2.27. The van der Waals surface area contributed by atoms with E-state index in [4.69, 9.17) is 4.42 Å². The maximum Gasteiger partial charge on any atom is 0.437 e. The van der Waals surface area contributed by atoms with Crippen LogP contribution in [0.15, 0.2) is 51.7 Å². The van der Waals surface area contributed by atoms with E-state index in [1.807, 2.05) is 43.1 Å². The Morgan fingerprint density at radius 3 is 2.39 bits per heavy atom. The number of aromatic nitrogens is 2. The third-order valence-electron chi connectivity index (χ3n) is 6.62. The van der Waals surface area contributed by atoms with Crippen molar-refractivity contribution in [2.75, 3.05) is 44.7 Å². The molecule has 38 heavy (non-hydrogen) atoms. The molecule has 0 bridgehead atoms. The Hall–Kier alpha value is -3.96. The van der Waals surface area contributed by atoms with Crippen LogP contribution in [-0.2, 0) is 29.7 Å². The number of carbonyl (C=O) groups is 2. The number of likely N-dealkylation sites (N-methyl/N-ethyl adjacent to an activating group) is 2. The van der Waals surface area contributed by atoms with Crippen LogP contribution in [-0.4, -0.2) is 71.4 Å². The summed E-state index contributed by atoms with van der Waals surface area (Å²) in [5.41, 5.74) is 4.60. The van der Waals surface area contributed by atoms with Gasteiger partial charge in [0.15, 0.2) is 0 Å². The molecule has 1 aliphatic heterocycles. The van der Waals surface area contributed by atoms with Gasteiger partial charge in [-0.3, -0.25) is 14.6 Å². The number of aryl methyl sites for hydroxylation is 2. The fourth-order valence-corrected chi connectivity index (χ4v) is 4.48. The van der Waals surface area contributed by atoms with Crippen LogP contribution in [0.5, 0.6) is 0 Å². The van der Waals surface area contributed by atoms with E-state index >= 15 is 0 Å². The number of hydrogen-bond acceptors (Lipinski definition) is 8. The number of nitrogens with one attached hydrogen (secondary N) is 2. The number of fused-ring (bicyclic) bond motifs is 1. The Labute approximate surface area is 222 Å². The van der Waals surface area contributed by atoms with Crippen molar-refractivity contribution in [1.82, 2.24) is 30.4 Å². The first-order valence-corrected chi connectivity index (χ1v) is 12.7. The number of carbonyl (C=O) groups excluding carboxylic acids is 2. The lowest BCUT2D eigenvalue weighted by atomic mass is 10.1. The number of nitrogens with zero attached hydrogens (tertiary/aromatic N) is 5. The summed E-state index contributed by atoms with van der Waals surface area (Å²) in [7, 11) is 3.29. The monoisotopic (exact) mass is 521 g/mol. The van der Waals surface area contributed by atoms with Crippen molar-refractivity contribution in [3.05, 3.63) is 69.7 Å². The topological polar surface area (TPSA) is 116 Å².